The molecule has 0 saturated carbocycles. The van der Waals surface area contributed by atoms with Gasteiger partial charge in [-0.3, -0.25) is 0 Å². The van der Waals surface area contributed by atoms with Gasteiger partial charge in [-0.25, -0.2) is 4.21 Å². The third kappa shape index (κ3) is 4.14. The molecule has 1 N–H and O–H groups in total. The molecule has 0 aliphatic carbocycles. The normalized spacial score (nSPS) is 13.6. The molecule has 0 fully saturated rings. The number of benzene rings is 2. The molecule has 0 bridgehead atoms. The van der Waals surface area contributed by atoms with E-state index in [2.05, 4.69) is 60.2 Å². The summed E-state index contributed by atoms with van der Waals surface area (Å²) in [7, 11) is 0. The Hall–Kier alpha value is -1.21. The molecule has 0 aliphatic heterocycles. The maximum absolute atomic E-state index is 11.0. The van der Waals surface area contributed by atoms with Crippen molar-refractivity contribution in [2.75, 3.05) is 12.0 Å². The van der Waals surface area contributed by atoms with E-state index in [4.69, 9.17) is 4.55 Å². The van der Waals surface area contributed by atoms with E-state index in [1.807, 2.05) is 0 Å². The minimum Gasteiger partial charge on any atom is -0.306 e. The number of hydrogen-bond donors (Lipinski definition) is 1. The van der Waals surface area contributed by atoms with Gasteiger partial charge in [-0.15, -0.1) is 11.8 Å². The van der Waals surface area contributed by atoms with Crippen LogP contribution in [-0.2, 0) is 17.6 Å². The van der Waals surface area contributed by atoms with Crippen LogP contribution in [0.3, 0.4) is 0 Å². The minimum atomic E-state index is -1.74. The van der Waals surface area contributed by atoms with Crippen LogP contribution in [0.1, 0.15) is 24.8 Å². The maximum Gasteiger partial charge on any atom is 0.263 e. The predicted octanol–water partition coefficient (Wildman–Crippen LogP) is 5.07. The number of aryl methyl sites for hydroxylation is 1. The van der Waals surface area contributed by atoms with Crippen molar-refractivity contribution in [3.05, 3.63) is 46.3 Å². The third-order valence-electron chi connectivity index (χ3n) is 4.21. The van der Waals surface area contributed by atoms with Crippen molar-refractivity contribution in [1.82, 2.24) is 0 Å². The lowest BCUT2D eigenvalue weighted by Crippen LogP contribution is -2.36. The molecule has 3 rings (SSSR count). The first-order valence-corrected chi connectivity index (χ1v) is 11.6. The number of hydrogen-bond acceptors (Lipinski definition) is 3. The molecule has 1 unspecified atom stereocenters. The monoisotopic (exact) mass is 392 g/mol. The molecule has 3 aromatic rings. The number of aromatic nitrogens is 1. The zero-order valence-electron chi connectivity index (χ0n) is 14.4. The summed E-state index contributed by atoms with van der Waals surface area (Å²) in [6.07, 6.45) is 6.07. The van der Waals surface area contributed by atoms with E-state index in [0.717, 1.165) is 13.0 Å². The summed E-state index contributed by atoms with van der Waals surface area (Å²) in [5.41, 5.74) is 1.23. The van der Waals surface area contributed by atoms with Gasteiger partial charge in [0, 0.05) is 12.5 Å². The molecule has 0 saturated heterocycles. The lowest BCUT2D eigenvalue weighted by atomic mass is 10.1. The van der Waals surface area contributed by atoms with Crippen molar-refractivity contribution >= 4 is 61.2 Å². The molecule has 1 atom stereocenters. The van der Waals surface area contributed by atoms with Crippen LogP contribution in [-0.4, -0.2) is 20.8 Å². The van der Waals surface area contributed by atoms with Crippen LogP contribution in [0, 0.1) is 0 Å². The van der Waals surface area contributed by atoms with E-state index in [1.165, 1.54) is 30.9 Å². The van der Waals surface area contributed by atoms with E-state index in [0.29, 0.717) is 12.2 Å². The Morgan fingerprint density at radius 3 is 2.84 bits per heavy atom. The number of thioether (sulfide) groups is 1. The lowest BCUT2D eigenvalue weighted by molar-refractivity contribution is -0.667. The van der Waals surface area contributed by atoms with Crippen molar-refractivity contribution in [3.8, 4) is 0 Å². The smallest absolute Gasteiger partial charge is 0.263 e. The van der Waals surface area contributed by atoms with Gasteiger partial charge >= 0.3 is 0 Å². The highest BCUT2D eigenvalue weighted by atomic mass is 32.2. The minimum absolute atomic E-state index is 0.307. The Labute approximate surface area is 159 Å². The molecule has 0 radical (unpaired) electrons. The van der Waals surface area contributed by atoms with Gasteiger partial charge < -0.3 is 4.55 Å². The zero-order valence-corrected chi connectivity index (χ0v) is 16.8. The number of allylic oxidation sites excluding steroid dienone is 1. The van der Waals surface area contributed by atoms with E-state index in [-0.39, 0.29) is 0 Å². The molecule has 0 spiro atoms. The Morgan fingerprint density at radius 2 is 2.12 bits per heavy atom. The van der Waals surface area contributed by atoms with Crippen LogP contribution in [0.25, 0.3) is 27.1 Å². The zero-order chi connectivity index (χ0) is 17.8. The highest BCUT2D eigenvalue weighted by molar-refractivity contribution is 8.02. The van der Waals surface area contributed by atoms with Gasteiger partial charge in [0.25, 0.3) is 5.01 Å². The molecule has 3 nitrogen and oxygen atoms in total. The highest BCUT2D eigenvalue weighted by Crippen LogP contribution is 2.30. The average Bonchev–Trinajstić information content (AvgIpc) is 2.97. The summed E-state index contributed by atoms with van der Waals surface area (Å²) in [5, 5.41) is 3.67. The molecule has 1 heterocycles. The van der Waals surface area contributed by atoms with E-state index in [1.54, 1.807) is 23.1 Å². The van der Waals surface area contributed by atoms with Crippen LogP contribution in [0.5, 0.6) is 0 Å². The lowest BCUT2D eigenvalue weighted by Gasteiger charge is -2.01. The first-order chi connectivity index (χ1) is 12.1. The van der Waals surface area contributed by atoms with Crippen molar-refractivity contribution in [1.29, 1.82) is 0 Å². The molecule has 0 amide bonds. The number of thiazole rings is 1. The van der Waals surface area contributed by atoms with Gasteiger partial charge in [-0.05, 0) is 35.1 Å². The largest absolute Gasteiger partial charge is 0.306 e. The summed E-state index contributed by atoms with van der Waals surface area (Å²) >= 11 is 1.84. The van der Waals surface area contributed by atoms with Gasteiger partial charge in [0.15, 0.2) is 17.6 Å². The summed E-state index contributed by atoms with van der Waals surface area (Å²) in [4.78, 5) is 1.34. The van der Waals surface area contributed by atoms with Crippen molar-refractivity contribution in [2.45, 2.75) is 26.3 Å². The van der Waals surface area contributed by atoms with E-state index in [9.17, 15) is 4.21 Å². The fourth-order valence-corrected chi connectivity index (χ4v) is 5.13. The predicted molar refractivity (Wildman–Crippen MR) is 112 cm³/mol. The Bertz CT molecular complexity index is 940. The van der Waals surface area contributed by atoms with Crippen molar-refractivity contribution in [3.63, 3.8) is 0 Å². The molecular weight excluding hydrogens is 370 g/mol. The number of rotatable bonds is 7. The SMILES string of the molecule is CCC(=Cc1sc2ccc3ccccc3c2[n+]1CCCS(=O)O)SC. The Morgan fingerprint density at radius 1 is 1.32 bits per heavy atom. The van der Waals surface area contributed by atoms with Crippen molar-refractivity contribution < 1.29 is 13.3 Å². The van der Waals surface area contributed by atoms with Crippen LogP contribution in [0.15, 0.2) is 41.3 Å². The Balaban J connectivity index is 2.18. The second kappa shape index (κ2) is 8.45. The van der Waals surface area contributed by atoms with Gasteiger partial charge in [-0.1, -0.05) is 42.5 Å². The summed E-state index contributed by atoms with van der Waals surface area (Å²) < 4.78 is 23.7. The van der Waals surface area contributed by atoms with Gasteiger partial charge in [0.05, 0.1) is 11.1 Å². The van der Waals surface area contributed by atoms with Gasteiger partial charge in [-0.2, -0.15) is 4.57 Å². The molecule has 1 aromatic heterocycles. The molecule has 6 heteroatoms. The second-order valence-corrected chi connectivity index (χ2v) is 8.82. The first-order valence-electron chi connectivity index (χ1n) is 8.30. The summed E-state index contributed by atoms with van der Waals surface area (Å²) in [6, 6.07) is 12.8. The van der Waals surface area contributed by atoms with Gasteiger partial charge in [0.1, 0.15) is 4.70 Å². The van der Waals surface area contributed by atoms with Crippen molar-refractivity contribution in [2.24, 2.45) is 0 Å². The number of fused-ring (bicyclic) bond motifs is 3. The molecule has 25 heavy (non-hydrogen) atoms. The quantitative estimate of drug-likeness (QED) is 0.451. The number of nitrogens with zero attached hydrogens (tertiary/aromatic N) is 1. The molecular formula is C19H22NO2S3+. The standard InChI is InChI=1S/C19H21NO2S3/c1-3-15(23-2)13-18-20(11-6-12-25(21)22)19-16-8-5-4-7-14(16)9-10-17(19)24-18/h4-5,7-10,13H,3,6,11-12H2,1-2H3/p+1. The summed E-state index contributed by atoms with van der Waals surface area (Å²) in [6.45, 7) is 2.92. The van der Waals surface area contributed by atoms with E-state index >= 15 is 0 Å². The van der Waals surface area contributed by atoms with Crippen LogP contribution in [0.4, 0.5) is 0 Å². The highest BCUT2D eigenvalue weighted by Gasteiger charge is 2.21. The van der Waals surface area contributed by atoms with Crippen LogP contribution in [0.2, 0.25) is 0 Å². The van der Waals surface area contributed by atoms with Gasteiger partial charge in [0.2, 0.25) is 5.52 Å². The second-order valence-electron chi connectivity index (χ2n) is 5.77. The first kappa shape index (κ1) is 18.6. The topological polar surface area (TPSA) is 41.2 Å². The molecule has 2 aromatic carbocycles. The molecule has 0 aliphatic rings. The molecule has 132 valence electrons. The Kier molecular flexibility index (Phi) is 6.28. The maximum atomic E-state index is 11.0. The fraction of sp³-hybridized carbons (Fsp3) is 0.316. The summed E-state index contributed by atoms with van der Waals surface area (Å²) in [5.74, 6) is 0.307. The van der Waals surface area contributed by atoms with Crippen LogP contribution >= 0.6 is 23.1 Å². The fourth-order valence-electron chi connectivity index (χ4n) is 2.99. The average molecular weight is 393 g/mol. The third-order valence-corrected chi connectivity index (χ3v) is 6.88. The van der Waals surface area contributed by atoms with E-state index < -0.39 is 11.1 Å². The van der Waals surface area contributed by atoms with Crippen LogP contribution < -0.4 is 4.57 Å².